The first kappa shape index (κ1) is 19.8. The zero-order valence-corrected chi connectivity index (χ0v) is 14.6. The second-order valence-electron chi connectivity index (χ2n) is 5.44. The average molecular weight is 357 g/mol. The number of amides is 2. The van der Waals surface area contributed by atoms with Crippen molar-refractivity contribution in [3.8, 4) is 5.75 Å². The van der Waals surface area contributed by atoms with Crippen LogP contribution in [0.3, 0.4) is 0 Å². The van der Waals surface area contributed by atoms with Crippen molar-refractivity contribution in [1.29, 1.82) is 0 Å². The van der Waals surface area contributed by atoms with Crippen LogP contribution in [0.1, 0.15) is 37.0 Å². The maximum Gasteiger partial charge on any atom is 0.306 e. The summed E-state index contributed by atoms with van der Waals surface area (Å²) in [5, 5.41) is 0.353. The quantitative estimate of drug-likeness (QED) is 0.576. The third kappa shape index (κ3) is 6.87. The first-order valence-electron chi connectivity index (χ1n) is 7.41. The van der Waals surface area contributed by atoms with Crippen LogP contribution in [0.15, 0.2) is 18.2 Å². The number of methoxy groups -OCH3 is 1. The van der Waals surface area contributed by atoms with E-state index in [1.54, 1.807) is 6.07 Å². The van der Waals surface area contributed by atoms with Crippen LogP contribution >= 0.6 is 11.6 Å². The molecule has 0 aliphatic heterocycles. The second kappa shape index (κ2) is 9.77. The summed E-state index contributed by atoms with van der Waals surface area (Å²) in [6.07, 6.45) is 0.933. The lowest BCUT2D eigenvalue weighted by atomic mass is 10.1. The summed E-state index contributed by atoms with van der Waals surface area (Å²) in [5.74, 6) is -1.03. The summed E-state index contributed by atoms with van der Waals surface area (Å²) in [6.45, 7) is 3.50. The highest BCUT2D eigenvalue weighted by molar-refractivity contribution is 6.31. The van der Waals surface area contributed by atoms with E-state index in [4.69, 9.17) is 21.1 Å². The van der Waals surface area contributed by atoms with Gasteiger partial charge in [0.25, 0.3) is 11.8 Å². The third-order valence-electron chi connectivity index (χ3n) is 3.01. The highest BCUT2D eigenvalue weighted by Gasteiger charge is 2.14. The van der Waals surface area contributed by atoms with Crippen LogP contribution in [0.5, 0.6) is 5.75 Å². The molecule has 2 N–H and O–H groups in total. The Morgan fingerprint density at radius 2 is 1.92 bits per heavy atom. The van der Waals surface area contributed by atoms with Crippen LogP contribution in [0.4, 0.5) is 0 Å². The number of halogens is 1. The van der Waals surface area contributed by atoms with Gasteiger partial charge in [-0.1, -0.05) is 25.4 Å². The fraction of sp³-hybridized carbons (Fsp3) is 0.438. The Bertz CT molecular complexity index is 604. The minimum Gasteiger partial charge on any atom is -0.496 e. The number of esters is 1. The summed E-state index contributed by atoms with van der Waals surface area (Å²) in [6, 6.07) is 4.52. The van der Waals surface area contributed by atoms with Gasteiger partial charge in [0.15, 0.2) is 6.61 Å². The zero-order valence-electron chi connectivity index (χ0n) is 13.8. The molecule has 0 radical (unpaired) electrons. The lowest BCUT2D eigenvalue weighted by Gasteiger charge is -2.11. The van der Waals surface area contributed by atoms with E-state index in [0.717, 1.165) is 0 Å². The molecule has 0 bridgehead atoms. The largest absolute Gasteiger partial charge is 0.496 e. The molecule has 7 nitrogen and oxygen atoms in total. The molecular weight excluding hydrogens is 336 g/mol. The number of benzene rings is 1. The normalized spacial score (nSPS) is 10.2. The maximum absolute atomic E-state index is 12.0. The molecule has 0 unspecified atom stereocenters. The fourth-order valence-corrected chi connectivity index (χ4v) is 1.88. The van der Waals surface area contributed by atoms with E-state index in [1.807, 2.05) is 13.8 Å². The molecule has 0 saturated carbocycles. The van der Waals surface area contributed by atoms with E-state index in [-0.39, 0.29) is 12.0 Å². The van der Waals surface area contributed by atoms with E-state index in [9.17, 15) is 14.4 Å². The summed E-state index contributed by atoms with van der Waals surface area (Å²) in [4.78, 5) is 35.0. The molecule has 8 heteroatoms. The van der Waals surface area contributed by atoms with Crippen LogP contribution in [0, 0.1) is 5.92 Å². The van der Waals surface area contributed by atoms with Gasteiger partial charge < -0.3 is 9.47 Å². The van der Waals surface area contributed by atoms with Crippen LogP contribution in [0.2, 0.25) is 5.02 Å². The number of rotatable bonds is 7. The summed E-state index contributed by atoms with van der Waals surface area (Å²) in [5.41, 5.74) is 4.53. The Labute approximate surface area is 145 Å². The van der Waals surface area contributed by atoms with Gasteiger partial charge >= 0.3 is 5.97 Å². The predicted octanol–water partition coefficient (Wildman–Crippen LogP) is 2.09. The van der Waals surface area contributed by atoms with Gasteiger partial charge in [-0.05, 0) is 30.5 Å². The van der Waals surface area contributed by atoms with Crippen LogP contribution in [-0.2, 0) is 14.3 Å². The summed E-state index contributed by atoms with van der Waals surface area (Å²) < 4.78 is 9.86. The standard InChI is InChI=1S/C16H21ClN2O5/c1-10(2)4-7-15(21)24-9-14(20)18-19-16(22)12-8-11(17)5-6-13(12)23-3/h5-6,8,10H,4,7,9H2,1-3H3,(H,18,20)(H,19,22). The molecule has 24 heavy (non-hydrogen) atoms. The number of ether oxygens (including phenoxy) is 2. The van der Waals surface area contributed by atoms with E-state index >= 15 is 0 Å². The topological polar surface area (TPSA) is 93.7 Å². The van der Waals surface area contributed by atoms with Gasteiger partial charge in [0.1, 0.15) is 5.75 Å². The Morgan fingerprint density at radius 3 is 2.54 bits per heavy atom. The van der Waals surface area contributed by atoms with Crippen molar-refractivity contribution in [1.82, 2.24) is 10.9 Å². The van der Waals surface area contributed by atoms with E-state index in [2.05, 4.69) is 10.9 Å². The molecule has 0 aliphatic rings. The molecule has 0 aromatic heterocycles. The van der Waals surface area contributed by atoms with Crippen LogP contribution < -0.4 is 15.6 Å². The molecule has 0 saturated heterocycles. The highest BCUT2D eigenvalue weighted by atomic mass is 35.5. The van der Waals surface area contributed by atoms with Gasteiger partial charge in [-0.2, -0.15) is 0 Å². The van der Waals surface area contributed by atoms with Gasteiger partial charge in [0, 0.05) is 11.4 Å². The maximum atomic E-state index is 12.0. The Kier molecular flexibility index (Phi) is 8.05. The van der Waals surface area contributed by atoms with E-state index in [0.29, 0.717) is 23.1 Å². The Hall–Kier alpha value is -2.28. The number of hydrogen-bond donors (Lipinski definition) is 2. The molecule has 1 rings (SSSR count). The number of hydrogen-bond acceptors (Lipinski definition) is 5. The SMILES string of the molecule is COc1ccc(Cl)cc1C(=O)NNC(=O)COC(=O)CCC(C)C. The van der Waals surface area contributed by atoms with Crippen molar-refractivity contribution < 1.29 is 23.9 Å². The van der Waals surface area contributed by atoms with Gasteiger partial charge in [-0.25, -0.2) is 0 Å². The van der Waals surface area contributed by atoms with Crippen molar-refractivity contribution in [3.63, 3.8) is 0 Å². The molecule has 0 aliphatic carbocycles. The van der Waals surface area contributed by atoms with Crippen LogP contribution in [0.25, 0.3) is 0 Å². The number of carbonyl (C=O) groups excluding carboxylic acids is 3. The van der Waals surface area contributed by atoms with E-state index in [1.165, 1.54) is 19.2 Å². The van der Waals surface area contributed by atoms with Gasteiger partial charge in [-0.15, -0.1) is 0 Å². The molecule has 0 spiro atoms. The van der Waals surface area contributed by atoms with Crippen molar-refractivity contribution in [2.75, 3.05) is 13.7 Å². The molecule has 1 aromatic rings. The first-order valence-corrected chi connectivity index (χ1v) is 7.79. The van der Waals surface area contributed by atoms with Crippen molar-refractivity contribution >= 4 is 29.4 Å². The number of nitrogens with one attached hydrogen (secondary N) is 2. The molecule has 132 valence electrons. The number of carbonyl (C=O) groups is 3. The lowest BCUT2D eigenvalue weighted by Crippen LogP contribution is -2.43. The molecule has 0 fully saturated rings. The molecule has 0 heterocycles. The molecule has 0 atom stereocenters. The van der Waals surface area contributed by atoms with Crippen molar-refractivity contribution in [2.24, 2.45) is 5.92 Å². The average Bonchev–Trinajstić information content (AvgIpc) is 2.55. The summed E-state index contributed by atoms with van der Waals surface area (Å²) in [7, 11) is 1.41. The van der Waals surface area contributed by atoms with Crippen molar-refractivity contribution in [3.05, 3.63) is 28.8 Å². The van der Waals surface area contributed by atoms with Crippen LogP contribution in [-0.4, -0.2) is 31.5 Å². The third-order valence-corrected chi connectivity index (χ3v) is 3.25. The number of hydrazine groups is 1. The summed E-state index contributed by atoms with van der Waals surface area (Å²) >= 11 is 5.84. The fourth-order valence-electron chi connectivity index (χ4n) is 1.71. The second-order valence-corrected chi connectivity index (χ2v) is 5.88. The van der Waals surface area contributed by atoms with E-state index < -0.39 is 24.4 Å². The first-order chi connectivity index (χ1) is 11.3. The molecule has 2 amide bonds. The Morgan fingerprint density at radius 1 is 1.21 bits per heavy atom. The minimum absolute atomic E-state index is 0.166. The van der Waals surface area contributed by atoms with Crippen molar-refractivity contribution in [2.45, 2.75) is 26.7 Å². The lowest BCUT2D eigenvalue weighted by molar-refractivity contribution is -0.148. The monoisotopic (exact) mass is 356 g/mol. The minimum atomic E-state index is -0.651. The van der Waals surface area contributed by atoms with Gasteiger partial charge in [-0.3, -0.25) is 25.2 Å². The van der Waals surface area contributed by atoms with Gasteiger partial charge in [0.2, 0.25) is 0 Å². The molecular formula is C16H21ClN2O5. The smallest absolute Gasteiger partial charge is 0.306 e. The highest BCUT2D eigenvalue weighted by Crippen LogP contribution is 2.22. The molecule has 1 aromatic carbocycles. The predicted molar refractivity (Wildman–Crippen MR) is 88.6 cm³/mol. The Balaban J connectivity index is 2.43. The van der Waals surface area contributed by atoms with Gasteiger partial charge in [0.05, 0.1) is 12.7 Å². The zero-order chi connectivity index (χ0) is 18.1.